The monoisotopic (exact) mass is 276 g/mol. The van der Waals surface area contributed by atoms with Crippen molar-refractivity contribution in [3.63, 3.8) is 0 Å². The fourth-order valence-electron chi connectivity index (χ4n) is 2.53. The van der Waals surface area contributed by atoms with Gasteiger partial charge < -0.3 is 4.90 Å². The minimum absolute atomic E-state index is 0.476. The lowest BCUT2D eigenvalue weighted by atomic mass is 10.0. The summed E-state index contributed by atoms with van der Waals surface area (Å²) in [5, 5.41) is 18.1. The molecule has 1 unspecified atom stereocenters. The molecule has 0 radical (unpaired) electrons. The molecule has 1 fully saturated rings. The minimum atomic E-state index is 0.476. The van der Waals surface area contributed by atoms with Gasteiger partial charge in [0.15, 0.2) is 5.82 Å². The van der Waals surface area contributed by atoms with Crippen molar-refractivity contribution in [2.45, 2.75) is 39.2 Å². The molecular weight excluding hydrogens is 256 g/mol. The van der Waals surface area contributed by atoms with E-state index in [0.29, 0.717) is 11.6 Å². The van der Waals surface area contributed by atoms with E-state index in [1.165, 1.54) is 5.75 Å². The van der Waals surface area contributed by atoms with Crippen LogP contribution in [-0.2, 0) is 12.8 Å². The second kappa shape index (κ2) is 6.25. The summed E-state index contributed by atoms with van der Waals surface area (Å²) < 4.78 is 0. The maximum atomic E-state index is 9.49. The van der Waals surface area contributed by atoms with Crippen LogP contribution in [0.25, 0.3) is 0 Å². The molecule has 1 aromatic heterocycles. The van der Waals surface area contributed by atoms with Crippen LogP contribution in [0.15, 0.2) is 0 Å². The normalized spacial score (nSPS) is 18.3. The molecule has 1 aromatic rings. The Labute approximate surface area is 119 Å². The van der Waals surface area contributed by atoms with Gasteiger partial charge in [-0.1, -0.05) is 13.8 Å². The lowest BCUT2D eigenvalue weighted by Crippen LogP contribution is -2.33. The summed E-state index contributed by atoms with van der Waals surface area (Å²) in [6, 6.07) is 2.82. The Bertz CT molecular complexity index is 489. The highest BCUT2D eigenvalue weighted by Crippen LogP contribution is 2.28. The molecule has 4 nitrogen and oxygen atoms in total. The molecule has 19 heavy (non-hydrogen) atoms. The van der Waals surface area contributed by atoms with Gasteiger partial charge in [-0.2, -0.15) is 22.1 Å². The first-order valence-corrected chi connectivity index (χ1v) is 7.97. The number of aryl methyl sites for hydroxylation is 1. The first kappa shape index (κ1) is 14.1. The standard InChI is InChI=1S/C14H20N4S/c1-4-11-12(8-15)14(17-16-13(11)5-2)18(3)10-6-7-19-9-10/h10H,4-7,9H2,1-3H3. The summed E-state index contributed by atoms with van der Waals surface area (Å²) in [6.07, 6.45) is 2.82. The van der Waals surface area contributed by atoms with Gasteiger partial charge in [-0.3, -0.25) is 0 Å². The van der Waals surface area contributed by atoms with E-state index in [0.717, 1.165) is 42.1 Å². The first-order chi connectivity index (χ1) is 9.22. The molecular formula is C14H20N4S. The van der Waals surface area contributed by atoms with E-state index in [9.17, 15) is 5.26 Å². The minimum Gasteiger partial charge on any atom is -0.353 e. The lowest BCUT2D eigenvalue weighted by Gasteiger charge is -2.26. The van der Waals surface area contributed by atoms with Crippen molar-refractivity contribution in [3.05, 3.63) is 16.8 Å². The number of aromatic nitrogens is 2. The number of hydrogen-bond donors (Lipinski definition) is 0. The third kappa shape index (κ3) is 2.69. The lowest BCUT2D eigenvalue weighted by molar-refractivity contribution is 0.680. The number of nitrogens with zero attached hydrogens (tertiary/aromatic N) is 4. The Hall–Kier alpha value is -1.28. The molecule has 1 aliphatic rings. The van der Waals surface area contributed by atoms with Crippen LogP contribution in [-0.4, -0.2) is 34.8 Å². The SMILES string of the molecule is CCc1nnc(N(C)C2CCSC2)c(C#N)c1CC. The number of nitriles is 1. The van der Waals surface area contributed by atoms with E-state index >= 15 is 0 Å². The summed E-state index contributed by atoms with van der Waals surface area (Å²) in [6.45, 7) is 4.13. The van der Waals surface area contributed by atoms with Gasteiger partial charge in [-0.15, -0.1) is 5.10 Å². The first-order valence-electron chi connectivity index (χ1n) is 6.82. The van der Waals surface area contributed by atoms with Crippen molar-refractivity contribution in [2.75, 3.05) is 23.5 Å². The predicted octanol–water partition coefficient (Wildman–Crippen LogP) is 2.41. The highest BCUT2D eigenvalue weighted by molar-refractivity contribution is 7.99. The highest BCUT2D eigenvalue weighted by atomic mass is 32.2. The van der Waals surface area contributed by atoms with Gasteiger partial charge in [-0.25, -0.2) is 0 Å². The van der Waals surface area contributed by atoms with Gasteiger partial charge in [0, 0.05) is 18.8 Å². The van der Waals surface area contributed by atoms with Gasteiger partial charge in [0.05, 0.1) is 5.69 Å². The molecule has 0 N–H and O–H groups in total. The second-order valence-electron chi connectivity index (χ2n) is 4.77. The second-order valence-corrected chi connectivity index (χ2v) is 5.92. The van der Waals surface area contributed by atoms with Crippen molar-refractivity contribution < 1.29 is 0 Å². The van der Waals surface area contributed by atoms with Gasteiger partial charge in [-0.05, 0) is 30.6 Å². The van der Waals surface area contributed by atoms with Crippen molar-refractivity contribution in [3.8, 4) is 6.07 Å². The van der Waals surface area contributed by atoms with E-state index in [1.54, 1.807) is 0 Å². The maximum absolute atomic E-state index is 9.49. The predicted molar refractivity (Wildman–Crippen MR) is 79.6 cm³/mol. The van der Waals surface area contributed by atoms with Gasteiger partial charge >= 0.3 is 0 Å². The molecule has 2 heterocycles. The number of rotatable bonds is 4. The van der Waals surface area contributed by atoms with E-state index < -0.39 is 0 Å². The average Bonchev–Trinajstić information content (AvgIpc) is 2.98. The fraction of sp³-hybridized carbons (Fsp3) is 0.643. The zero-order valence-corrected chi connectivity index (χ0v) is 12.6. The highest BCUT2D eigenvalue weighted by Gasteiger charge is 2.25. The topological polar surface area (TPSA) is 52.8 Å². The van der Waals surface area contributed by atoms with Crippen LogP contribution in [0, 0.1) is 11.3 Å². The van der Waals surface area contributed by atoms with Crippen LogP contribution >= 0.6 is 11.8 Å². The summed E-state index contributed by atoms with van der Waals surface area (Å²) in [7, 11) is 2.03. The molecule has 5 heteroatoms. The van der Waals surface area contributed by atoms with Crippen LogP contribution in [0.4, 0.5) is 5.82 Å². The van der Waals surface area contributed by atoms with Crippen molar-refractivity contribution >= 4 is 17.6 Å². The Morgan fingerprint density at radius 3 is 2.68 bits per heavy atom. The van der Waals surface area contributed by atoms with Crippen LogP contribution in [0.5, 0.6) is 0 Å². The quantitative estimate of drug-likeness (QED) is 0.845. The van der Waals surface area contributed by atoms with Crippen molar-refractivity contribution in [2.24, 2.45) is 0 Å². The Kier molecular flexibility index (Phi) is 4.65. The summed E-state index contributed by atoms with van der Waals surface area (Å²) in [5.74, 6) is 3.06. The molecule has 0 bridgehead atoms. The molecule has 1 saturated heterocycles. The van der Waals surface area contributed by atoms with Crippen LogP contribution < -0.4 is 4.90 Å². The number of anilines is 1. The molecule has 1 atom stereocenters. The van der Waals surface area contributed by atoms with Gasteiger partial charge in [0.1, 0.15) is 11.6 Å². The van der Waals surface area contributed by atoms with E-state index in [2.05, 4.69) is 35.0 Å². The summed E-state index contributed by atoms with van der Waals surface area (Å²) >= 11 is 1.96. The molecule has 0 aliphatic carbocycles. The van der Waals surface area contributed by atoms with E-state index in [1.807, 2.05) is 18.8 Å². The molecule has 102 valence electrons. The van der Waals surface area contributed by atoms with E-state index in [-0.39, 0.29) is 0 Å². The molecule has 0 amide bonds. The Morgan fingerprint density at radius 2 is 2.16 bits per heavy atom. The molecule has 2 rings (SSSR count). The average molecular weight is 276 g/mol. The zero-order chi connectivity index (χ0) is 13.8. The largest absolute Gasteiger partial charge is 0.353 e. The number of hydrogen-bond acceptors (Lipinski definition) is 5. The molecule has 0 spiro atoms. The van der Waals surface area contributed by atoms with Gasteiger partial charge in [0.2, 0.25) is 0 Å². The fourth-order valence-corrected chi connectivity index (χ4v) is 3.79. The third-order valence-electron chi connectivity index (χ3n) is 3.73. The van der Waals surface area contributed by atoms with Gasteiger partial charge in [0.25, 0.3) is 0 Å². The van der Waals surface area contributed by atoms with Crippen LogP contribution in [0.3, 0.4) is 0 Å². The molecule has 1 aliphatic heterocycles. The maximum Gasteiger partial charge on any atom is 0.169 e. The Morgan fingerprint density at radius 1 is 1.37 bits per heavy atom. The number of thioether (sulfide) groups is 1. The summed E-state index contributed by atoms with van der Waals surface area (Å²) in [5.41, 5.74) is 2.73. The van der Waals surface area contributed by atoms with Crippen molar-refractivity contribution in [1.82, 2.24) is 10.2 Å². The molecule has 0 saturated carbocycles. The molecule has 0 aromatic carbocycles. The smallest absolute Gasteiger partial charge is 0.169 e. The Balaban J connectivity index is 2.42. The third-order valence-corrected chi connectivity index (χ3v) is 4.87. The van der Waals surface area contributed by atoms with Crippen molar-refractivity contribution in [1.29, 1.82) is 5.26 Å². The zero-order valence-electron chi connectivity index (χ0n) is 11.8. The van der Waals surface area contributed by atoms with Crippen LogP contribution in [0.2, 0.25) is 0 Å². The van der Waals surface area contributed by atoms with Crippen LogP contribution in [0.1, 0.15) is 37.1 Å². The van der Waals surface area contributed by atoms with E-state index in [4.69, 9.17) is 0 Å². The summed E-state index contributed by atoms with van der Waals surface area (Å²) in [4.78, 5) is 2.14.